The highest BCUT2D eigenvalue weighted by Crippen LogP contribution is 2.32. The Balaban J connectivity index is 2.79. The van der Waals surface area contributed by atoms with Gasteiger partial charge >= 0.3 is 5.97 Å². The monoisotopic (exact) mass is 202 g/mol. The van der Waals surface area contributed by atoms with Crippen LogP contribution in [0.25, 0.3) is 0 Å². The van der Waals surface area contributed by atoms with Gasteiger partial charge in [0.2, 0.25) is 0 Å². The Morgan fingerprint density at radius 2 is 2.14 bits per heavy atom. The lowest BCUT2D eigenvalue weighted by molar-refractivity contribution is -0.170. The number of hydrogen-bond acceptors (Lipinski definition) is 3. The molecule has 1 saturated heterocycles. The zero-order valence-corrected chi connectivity index (χ0v) is 8.69. The normalized spacial score (nSPS) is 30.3. The molecule has 14 heavy (non-hydrogen) atoms. The summed E-state index contributed by atoms with van der Waals surface area (Å²) in [5.74, 6) is -1.75. The quantitative estimate of drug-likeness (QED) is 0.713. The van der Waals surface area contributed by atoms with Crippen LogP contribution in [0.1, 0.15) is 26.7 Å². The molecule has 4 nitrogen and oxygen atoms in total. The molecule has 0 aliphatic carbocycles. The van der Waals surface area contributed by atoms with Gasteiger partial charge in [-0.1, -0.05) is 13.8 Å². The van der Waals surface area contributed by atoms with E-state index in [1.807, 2.05) is 13.8 Å². The summed E-state index contributed by atoms with van der Waals surface area (Å²) in [4.78, 5) is 11.0. The van der Waals surface area contributed by atoms with Crippen LogP contribution >= 0.6 is 0 Å². The minimum Gasteiger partial charge on any atom is -0.481 e. The topological polar surface area (TPSA) is 66.8 Å². The van der Waals surface area contributed by atoms with Crippen molar-refractivity contribution >= 4 is 5.97 Å². The lowest BCUT2D eigenvalue weighted by Gasteiger charge is -2.38. The SMILES string of the molecule is CC(C)C(C(=O)O)C1(O)CCCOC1. The molecule has 0 aromatic carbocycles. The lowest BCUT2D eigenvalue weighted by Crippen LogP contribution is -2.50. The molecule has 0 amide bonds. The molecule has 2 unspecified atom stereocenters. The van der Waals surface area contributed by atoms with Gasteiger partial charge < -0.3 is 14.9 Å². The predicted octanol–water partition coefficient (Wildman–Crippen LogP) is 0.885. The molecule has 0 spiro atoms. The second-order valence-electron chi connectivity index (χ2n) is 4.32. The van der Waals surface area contributed by atoms with Crippen LogP contribution in [-0.2, 0) is 9.53 Å². The second-order valence-corrected chi connectivity index (χ2v) is 4.32. The molecule has 1 rings (SSSR count). The van der Waals surface area contributed by atoms with E-state index in [1.54, 1.807) is 0 Å². The summed E-state index contributed by atoms with van der Waals surface area (Å²) in [5, 5.41) is 19.2. The van der Waals surface area contributed by atoms with Gasteiger partial charge in [-0.05, 0) is 18.8 Å². The van der Waals surface area contributed by atoms with E-state index in [0.717, 1.165) is 6.42 Å². The summed E-state index contributed by atoms with van der Waals surface area (Å²) in [6, 6.07) is 0. The van der Waals surface area contributed by atoms with E-state index < -0.39 is 17.5 Å². The van der Waals surface area contributed by atoms with E-state index in [9.17, 15) is 9.90 Å². The van der Waals surface area contributed by atoms with E-state index in [-0.39, 0.29) is 12.5 Å². The molecule has 2 atom stereocenters. The summed E-state index contributed by atoms with van der Waals surface area (Å²) in [5.41, 5.74) is -1.18. The van der Waals surface area contributed by atoms with Gasteiger partial charge in [0.15, 0.2) is 0 Å². The van der Waals surface area contributed by atoms with Crippen LogP contribution < -0.4 is 0 Å². The van der Waals surface area contributed by atoms with Crippen LogP contribution in [0.4, 0.5) is 0 Å². The molecular formula is C10H18O4. The number of hydrogen-bond donors (Lipinski definition) is 2. The van der Waals surface area contributed by atoms with Crippen LogP contribution in [0.3, 0.4) is 0 Å². The third-order valence-corrected chi connectivity index (χ3v) is 2.76. The molecule has 1 aliphatic rings. The molecule has 0 saturated carbocycles. The Bertz CT molecular complexity index is 206. The van der Waals surface area contributed by atoms with Crippen molar-refractivity contribution in [2.75, 3.05) is 13.2 Å². The maximum Gasteiger partial charge on any atom is 0.309 e. The van der Waals surface area contributed by atoms with E-state index in [2.05, 4.69) is 0 Å². The van der Waals surface area contributed by atoms with E-state index >= 15 is 0 Å². The number of carbonyl (C=O) groups is 1. The molecule has 1 heterocycles. The van der Waals surface area contributed by atoms with Crippen LogP contribution in [0.2, 0.25) is 0 Å². The smallest absolute Gasteiger partial charge is 0.309 e. The summed E-state index contributed by atoms with van der Waals surface area (Å²) >= 11 is 0. The van der Waals surface area contributed by atoms with Crippen molar-refractivity contribution in [2.24, 2.45) is 11.8 Å². The van der Waals surface area contributed by atoms with Gasteiger partial charge in [-0.25, -0.2) is 0 Å². The Labute approximate surface area is 83.9 Å². The number of carboxylic acids is 1. The van der Waals surface area contributed by atoms with Crippen molar-refractivity contribution in [3.8, 4) is 0 Å². The van der Waals surface area contributed by atoms with Gasteiger partial charge in [-0.2, -0.15) is 0 Å². The van der Waals surface area contributed by atoms with E-state index in [0.29, 0.717) is 13.0 Å². The van der Waals surface area contributed by atoms with Gasteiger partial charge in [0.1, 0.15) is 5.60 Å². The molecule has 2 N–H and O–H groups in total. The maximum absolute atomic E-state index is 11.0. The highest BCUT2D eigenvalue weighted by atomic mass is 16.5. The molecule has 0 aromatic rings. The van der Waals surface area contributed by atoms with Gasteiger partial charge in [0.05, 0.1) is 12.5 Å². The third kappa shape index (κ3) is 2.25. The lowest BCUT2D eigenvalue weighted by atomic mass is 9.76. The van der Waals surface area contributed by atoms with Crippen LogP contribution in [0.5, 0.6) is 0 Å². The van der Waals surface area contributed by atoms with Crippen molar-refractivity contribution in [3.63, 3.8) is 0 Å². The standard InChI is InChI=1S/C10H18O4/c1-7(2)8(9(11)12)10(13)4-3-5-14-6-10/h7-8,13H,3-6H2,1-2H3,(H,11,12). The number of ether oxygens (including phenoxy) is 1. The Kier molecular flexibility index (Phi) is 3.50. The Morgan fingerprint density at radius 3 is 2.50 bits per heavy atom. The molecule has 1 aliphatic heterocycles. The van der Waals surface area contributed by atoms with Crippen LogP contribution in [-0.4, -0.2) is 35.0 Å². The van der Waals surface area contributed by atoms with Crippen LogP contribution in [0, 0.1) is 11.8 Å². The van der Waals surface area contributed by atoms with Crippen molar-refractivity contribution in [2.45, 2.75) is 32.3 Å². The fraction of sp³-hybridized carbons (Fsp3) is 0.900. The molecule has 1 fully saturated rings. The first kappa shape index (κ1) is 11.5. The molecule has 4 heteroatoms. The molecular weight excluding hydrogens is 184 g/mol. The zero-order valence-electron chi connectivity index (χ0n) is 8.69. The fourth-order valence-electron chi connectivity index (χ4n) is 2.18. The first-order valence-corrected chi connectivity index (χ1v) is 5.00. The largest absolute Gasteiger partial charge is 0.481 e. The highest BCUT2D eigenvalue weighted by molar-refractivity contribution is 5.72. The Morgan fingerprint density at radius 1 is 1.50 bits per heavy atom. The van der Waals surface area contributed by atoms with Crippen molar-refractivity contribution < 1.29 is 19.7 Å². The first-order valence-electron chi connectivity index (χ1n) is 5.00. The van der Waals surface area contributed by atoms with Gasteiger partial charge in [0.25, 0.3) is 0 Å². The van der Waals surface area contributed by atoms with Gasteiger partial charge in [0, 0.05) is 6.61 Å². The summed E-state index contributed by atoms with van der Waals surface area (Å²) in [6.07, 6.45) is 1.25. The molecule has 0 aromatic heterocycles. The molecule has 0 bridgehead atoms. The molecule has 0 radical (unpaired) electrons. The highest BCUT2D eigenvalue weighted by Gasteiger charge is 2.44. The second kappa shape index (κ2) is 4.28. The van der Waals surface area contributed by atoms with E-state index in [1.165, 1.54) is 0 Å². The predicted molar refractivity (Wildman–Crippen MR) is 51.0 cm³/mol. The van der Waals surface area contributed by atoms with Crippen LogP contribution in [0.15, 0.2) is 0 Å². The number of rotatable bonds is 3. The average molecular weight is 202 g/mol. The number of aliphatic hydroxyl groups is 1. The third-order valence-electron chi connectivity index (χ3n) is 2.76. The number of carboxylic acid groups (broad SMARTS) is 1. The van der Waals surface area contributed by atoms with E-state index in [4.69, 9.17) is 9.84 Å². The van der Waals surface area contributed by atoms with Crippen molar-refractivity contribution in [3.05, 3.63) is 0 Å². The minimum atomic E-state index is -1.18. The summed E-state index contributed by atoms with van der Waals surface area (Å²) in [7, 11) is 0. The van der Waals surface area contributed by atoms with Crippen molar-refractivity contribution in [1.29, 1.82) is 0 Å². The van der Waals surface area contributed by atoms with Crippen molar-refractivity contribution in [1.82, 2.24) is 0 Å². The Hall–Kier alpha value is -0.610. The summed E-state index contributed by atoms with van der Waals surface area (Å²) < 4.78 is 5.15. The summed E-state index contributed by atoms with van der Waals surface area (Å²) in [6.45, 7) is 4.38. The van der Waals surface area contributed by atoms with Gasteiger partial charge in [-0.3, -0.25) is 4.79 Å². The first-order chi connectivity index (χ1) is 6.47. The minimum absolute atomic E-state index is 0.0841. The molecule has 82 valence electrons. The van der Waals surface area contributed by atoms with Gasteiger partial charge in [-0.15, -0.1) is 0 Å². The average Bonchev–Trinajstić information content (AvgIpc) is 2.02. The maximum atomic E-state index is 11.0. The number of aliphatic carboxylic acids is 1. The zero-order chi connectivity index (χ0) is 10.8. The fourth-order valence-corrected chi connectivity index (χ4v) is 2.18.